The first kappa shape index (κ1) is 15.6. The Hall–Kier alpha value is -2.61. The first-order chi connectivity index (χ1) is 12.7. The minimum atomic E-state index is 0.530. The number of pyridine rings is 1. The molecule has 0 spiro atoms. The van der Waals surface area contributed by atoms with E-state index in [1.807, 2.05) is 12.3 Å². The zero-order valence-corrected chi connectivity index (χ0v) is 15.3. The number of hydrogen-bond acceptors (Lipinski definition) is 2. The number of rotatable bonds is 2. The van der Waals surface area contributed by atoms with E-state index >= 15 is 0 Å². The summed E-state index contributed by atoms with van der Waals surface area (Å²) >= 11 is 0. The predicted octanol–water partition coefficient (Wildman–Crippen LogP) is 5.77. The van der Waals surface area contributed by atoms with Crippen LogP contribution < -0.4 is 4.90 Å². The van der Waals surface area contributed by atoms with E-state index in [-0.39, 0.29) is 0 Å². The summed E-state index contributed by atoms with van der Waals surface area (Å²) in [5.41, 5.74) is 5.30. The smallest absolute Gasteiger partial charge is 0.0737 e. The third-order valence-electron chi connectivity index (χ3n) is 6.29. The van der Waals surface area contributed by atoms with Crippen molar-refractivity contribution in [2.24, 2.45) is 11.8 Å². The highest BCUT2D eigenvalue weighted by Crippen LogP contribution is 2.52. The molecule has 0 bridgehead atoms. The summed E-state index contributed by atoms with van der Waals surface area (Å²) in [6.45, 7) is 4.67. The number of nitrogens with zero attached hydrogens (tertiary/aromatic N) is 2. The van der Waals surface area contributed by atoms with Gasteiger partial charge in [-0.05, 0) is 48.9 Å². The number of fused-ring (bicyclic) bond motifs is 2. The molecule has 1 aliphatic heterocycles. The topological polar surface area (TPSA) is 16.1 Å². The van der Waals surface area contributed by atoms with Crippen LogP contribution in [-0.4, -0.2) is 11.0 Å². The van der Waals surface area contributed by atoms with Crippen molar-refractivity contribution in [1.82, 2.24) is 4.98 Å². The van der Waals surface area contributed by atoms with Crippen molar-refractivity contribution in [2.75, 3.05) is 4.90 Å². The van der Waals surface area contributed by atoms with Gasteiger partial charge in [-0.1, -0.05) is 55.5 Å². The minimum absolute atomic E-state index is 0.530. The van der Waals surface area contributed by atoms with Crippen LogP contribution in [0.25, 0.3) is 10.9 Å². The van der Waals surface area contributed by atoms with Gasteiger partial charge in [0.2, 0.25) is 0 Å². The number of para-hydroxylation sites is 2. The molecule has 2 nitrogen and oxygen atoms in total. The Morgan fingerprint density at radius 1 is 0.962 bits per heavy atom. The summed E-state index contributed by atoms with van der Waals surface area (Å²) in [6.07, 6.45) is 5.66. The van der Waals surface area contributed by atoms with Gasteiger partial charge in [0.25, 0.3) is 0 Å². The van der Waals surface area contributed by atoms with Gasteiger partial charge in [-0.2, -0.15) is 0 Å². The number of aromatic nitrogens is 1. The molecule has 0 N–H and O–H groups in total. The lowest BCUT2D eigenvalue weighted by Crippen LogP contribution is -2.31. The molecule has 2 heteroatoms. The molecular formula is C24H24N2. The second kappa shape index (κ2) is 5.98. The first-order valence-electron chi connectivity index (χ1n) is 9.60. The maximum absolute atomic E-state index is 4.74. The van der Waals surface area contributed by atoms with Gasteiger partial charge in [-0.3, -0.25) is 4.98 Å². The van der Waals surface area contributed by atoms with Crippen LogP contribution in [0.2, 0.25) is 0 Å². The lowest BCUT2D eigenvalue weighted by atomic mass is 9.82. The zero-order valence-electron chi connectivity index (χ0n) is 15.3. The van der Waals surface area contributed by atoms with Crippen molar-refractivity contribution in [3.8, 4) is 0 Å². The third kappa shape index (κ3) is 2.28. The molecule has 4 atom stereocenters. The number of anilines is 1. The Morgan fingerprint density at radius 2 is 1.77 bits per heavy atom. The van der Waals surface area contributed by atoms with Gasteiger partial charge in [0.1, 0.15) is 0 Å². The van der Waals surface area contributed by atoms with E-state index in [2.05, 4.69) is 79.4 Å². The van der Waals surface area contributed by atoms with Gasteiger partial charge < -0.3 is 4.90 Å². The van der Waals surface area contributed by atoms with Crippen LogP contribution >= 0.6 is 0 Å². The molecule has 2 aromatic carbocycles. The van der Waals surface area contributed by atoms with Crippen molar-refractivity contribution in [2.45, 2.75) is 32.2 Å². The van der Waals surface area contributed by atoms with Gasteiger partial charge in [0.15, 0.2) is 0 Å². The SMILES string of the molecule is CC1=CC2C(c3cccc4cccnc34)C(C)CC2N1c1ccccc1. The molecule has 1 fully saturated rings. The Bertz CT molecular complexity index is 970. The van der Waals surface area contributed by atoms with E-state index < -0.39 is 0 Å². The van der Waals surface area contributed by atoms with Crippen molar-refractivity contribution < 1.29 is 0 Å². The molecule has 3 aromatic rings. The maximum atomic E-state index is 4.74. The van der Waals surface area contributed by atoms with Crippen molar-refractivity contribution in [3.05, 3.63) is 84.2 Å². The highest BCUT2D eigenvalue weighted by atomic mass is 15.2. The molecule has 1 aromatic heterocycles. The van der Waals surface area contributed by atoms with Crippen LogP contribution in [-0.2, 0) is 0 Å². The van der Waals surface area contributed by atoms with Crippen LogP contribution in [0.15, 0.2) is 78.6 Å². The van der Waals surface area contributed by atoms with E-state index in [4.69, 9.17) is 4.98 Å². The fourth-order valence-corrected chi connectivity index (χ4v) is 5.31. The molecule has 1 saturated carbocycles. The molecule has 5 rings (SSSR count). The summed E-state index contributed by atoms with van der Waals surface area (Å²) < 4.78 is 0. The molecule has 26 heavy (non-hydrogen) atoms. The van der Waals surface area contributed by atoms with Gasteiger partial charge in [0.05, 0.1) is 5.52 Å². The highest BCUT2D eigenvalue weighted by Gasteiger charge is 2.47. The van der Waals surface area contributed by atoms with E-state index in [0.29, 0.717) is 23.8 Å². The van der Waals surface area contributed by atoms with Gasteiger partial charge in [-0.25, -0.2) is 0 Å². The highest BCUT2D eigenvalue weighted by molar-refractivity contribution is 5.82. The van der Waals surface area contributed by atoms with Crippen molar-refractivity contribution >= 4 is 16.6 Å². The molecule has 2 heterocycles. The quantitative estimate of drug-likeness (QED) is 0.589. The molecule has 0 saturated heterocycles. The van der Waals surface area contributed by atoms with E-state index in [0.717, 1.165) is 0 Å². The Labute approximate surface area is 155 Å². The first-order valence-corrected chi connectivity index (χ1v) is 9.60. The standard InChI is InChI=1S/C24H24N2/c1-16-14-22-21(15-17(2)26(22)19-10-4-3-5-11-19)23(16)20-12-6-8-18-9-7-13-25-24(18)20/h3-13,15-16,21-23H,14H2,1-2H3. The lowest BCUT2D eigenvalue weighted by molar-refractivity contribution is 0.491. The average Bonchev–Trinajstić information content (AvgIpc) is 3.14. The monoisotopic (exact) mass is 340 g/mol. The van der Waals surface area contributed by atoms with E-state index in [1.165, 1.54) is 34.3 Å². The molecule has 0 amide bonds. The fourth-order valence-electron chi connectivity index (χ4n) is 5.31. The number of hydrogen-bond donors (Lipinski definition) is 0. The summed E-state index contributed by atoms with van der Waals surface area (Å²) in [5, 5.41) is 1.25. The van der Waals surface area contributed by atoms with Gasteiger partial charge in [0, 0.05) is 34.9 Å². The largest absolute Gasteiger partial charge is 0.342 e. The minimum Gasteiger partial charge on any atom is -0.342 e. The Morgan fingerprint density at radius 3 is 2.62 bits per heavy atom. The van der Waals surface area contributed by atoms with Crippen LogP contribution in [0.5, 0.6) is 0 Å². The zero-order chi connectivity index (χ0) is 17.7. The molecule has 2 aliphatic rings. The van der Waals surface area contributed by atoms with Crippen molar-refractivity contribution in [3.63, 3.8) is 0 Å². The van der Waals surface area contributed by atoms with E-state index in [1.54, 1.807) is 0 Å². The maximum Gasteiger partial charge on any atom is 0.0737 e. The molecule has 4 unspecified atom stereocenters. The fraction of sp³-hybridized carbons (Fsp3) is 0.292. The van der Waals surface area contributed by atoms with Gasteiger partial charge in [-0.15, -0.1) is 0 Å². The third-order valence-corrected chi connectivity index (χ3v) is 6.29. The summed E-state index contributed by atoms with van der Waals surface area (Å²) in [7, 11) is 0. The van der Waals surface area contributed by atoms with E-state index in [9.17, 15) is 0 Å². The van der Waals surface area contributed by atoms with Crippen LogP contribution in [0.4, 0.5) is 5.69 Å². The molecular weight excluding hydrogens is 316 g/mol. The second-order valence-electron chi connectivity index (χ2n) is 7.82. The summed E-state index contributed by atoms with van der Waals surface area (Å²) in [4.78, 5) is 7.29. The molecule has 130 valence electrons. The average molecular weight is 340 g/mol. The molecule has 1 aliphatic carbocycles. The molecule has 0 radical (unpaired) electrons. The summed E-state index contributed by atoms with van der Waals surface area (Å²) in [6, 6.07) is 22.3. The number of benzene rings is 2. The Balaban J connectivity index is 1.58. The Kier molecular flexibility index (Phi) is 3.59. The number of allylic oxidation sites excluding steroid dienone is 1. The summed E-state index contributed by atoms with van der Waals surface area (Å²) in [5.74, 6) is 1.73. The van der Waals surface area contributed by atoms with Crippen LogP contribution in [0.1, 0.15) is 31.7 Å². The normalized spacial score (nSPS) is 27.6. The van der Waals surface area contributed by atoms with Gasteiger partial charge >= 0.3 is 0 Å². The predicted molar refractivity (Wildman–Crippen MR) is 108 cm³/mol. The van der Waals surface area contributed by atoms with Crippen molar-refractivity contribution in [1.29, 1.82) is 0 Å². The van der Waals surface area contributed by atoms with Crippen LogP contribution in [0, 0.1) is 11.8 Å². The van der Waals surface area contributed by atoms with Crippen LogP contribution in [0.3, 0.4) is 0 Å². The second-order valence-corrected chi connectivity index (χ2v) is 7.82. The lowest BCUT2D eigenvalue weighted by Gasteiger charge is -2.29.